The van der Waals surface area contributed by atoms with E-state index in [0.717, 1.165) is 17.7 Å². The molecule has 0 aromatic heterocycles. The van der Waals surface area contributed by atoms with Crippen LogP contribution in [0.1, 0.15) is 25.3 Å². The first kappa shape index (κ1) is 14.1. The summed E-state index contributed by atoms with van der Waals surface area (Å²) in [5.41, 5.74) is 0.539. The quantitative estimate of drug-likeness (QED) is 0.904. The highest BCUT2D eigenvalue weighted by molar-refractivity contribution is 5.99. The molecule has 21 heavy (non-hydrogen) atoms. The predicted octanol–water partition coefficient (Wildman–Crippen LogP) is 2.55. The zero-order chi connectivity index (χ0) is 15.2. The zero-order valence-electron chi connectivity index (χ0n) is 12.3. The molecule has 3 rings (SSSR count). The van der Waals surface area contributed by atoms with Gasteiger partial charge in [-0.1, -0.05) is 19.1 Å². The van der Waals surface area contributed by atoms with Gasteiger partial charge < -0.3 is 9.84 Å². The van der Waals surface area contributed by atoms with E-state index >= 15 is 0 Å². The van der Waals surface area contributed by atoms with E-state index in [1.807, 2.05) is 31.2 Å². The Hall–Kier alpha value is -1.84. The summed E-state index contributed by atoms with van der Waals surface area (Å²) in [5.74, 6) is -0.261. The van der Waals surface area contributed by atoms with Crippen LogP contribution < -0.4 is 4.74 Å². The van der Waals surface area contributed by atoms with Crippen molar-refractivity contribution >= 4 is 11.8 Å². The highest BCUT2D eigenvalue weighted by atomic mass is 16.5. The van der Waals surface area contributed by atoms with Crippen LogP contribution in [0.3, 0.4) is 0 Å². The third-order valence-corrected chi connectivity index (χ3v) is 5.37. The number of fused-ring (bicyclic) bond motifs is 1. The van der Waals surface area contributed by atoms with Crippen molar-refractivity contribution in [3.8, 4) is 5.75 Å². The van der Waals surface area contributed by atoms with Gasteiger partial charge in [0, 0.05) is 11.3 Å². The molecule has 0 amide bonds. The molecule has 0 saturated heterocycles. The molecular formula is C17H20O4. The zero-order valence-corrected chi connectivity index (χ0v) is 12.3. The fourth-order valence-corrected chi connectivity index (χ4v) is 4.27. The van der Waals surface area contributed by atoms with Crippen LogP contribution in [0, 0.1) is 23.2 Å². The summed E-state index contributed by atoms with van der Waals surface area (Å²) in [6.07, 6.45) is 2.07. The van der Waals surface area contributed by atoms with Gasteiger partial charge in [0.1, 0.15) is 11.5 Å². The lowest BCUT2D eigenvalue weighted by atomic mass is 9.86. The van der Waals surface area contributed by atoms with E-state index in [2.05, 4.69) is 0 Å². The average molecular weight is 288 g/mol. The molecule has 0 spiro atoms. The van der Waals surface area contributed by atoms with Gasteiger partial charge in [0.25, 0.3) is 0 Å². The van der Waals surface area contributed by atoms with Gasteiger partial charge in [-0.15, -0.1) is 0 Å². The van der Waals surface area contributed by atoms with Crippen molar-refractivity contribution in [2.45, 2.75) is 26.2 Å². The van der Waals surface area contributed by atoms with Gasteiger partial charge in [-0.2, -0.15) is 0 Å². The Morgan fingerprint density at radius 3 is 2.52 bits per heavy atom. The maximum atomic E-state index is 12.7. The minimum atomic E-state index is -0.807. The lowest BCUT2D eigenvalue weighted by molar-refractivity contribution is -0.142. The fraction of sp³-hybridized carbons (Fsp3) is 0.529. The molecule has 0 heterocycles. The number of methoxy groups -OCH3 is 1. The maximum Gasteiger partial charge on any atom is 0.307 e. The van der Waals surface area contributed by atoms with Crippen molar-refractivity contribution in [2.75, 3.05) is 7.11 Å². The Bertz CT molecular complexity index is 577. The number of hydrogen-bond acceptors (Lipinski definition) is 3. The van der Waals surface area contributed by atoms with E-state index in [9.17, 15) is 14.7 Å². The van der Waals surface area contributed by atoms with E-state index in [0.29, 0.717) is 12.8 Å². The predicted molar refractivity (Wildman–Crippen MR) is 77.2 cm³/mol. The van der Waals surface area contributed by atoms with Crippen LogP contribution in [0.2, 0.25) is 0 Å². The molecule has 2 fully saturated rings. The van der Waals surface area contributed by atoms with Crippen LogP contribution in [0.5, 0.6) is 5.75 Å². The van der Waals surface area contributed by atoms with Gasteiger partial charge in [0.05, 0.1) is 13.0 Å². The SMILES string of the molecule is CCC12C(=O)C(Cc3ccc(OC)cc3)CC1C2C(=O)O. The summed E-state index contributed by atoms with van der Waals surface area (Å²) < 4.78 is 5.13. The van der Waals surface area contributed by atoms with Gasteiger partial charge in [0.2, 0.25) is 0 Å². The Balaban J connectivity index is 1.72. The molecule has 0 radical (unpaired) electrons. The Labute approximate surface area is 124 Å². The second-order valence-electron chi connectivity index (χ2n) is 6.17. The molecule has 112 valence electrons. The number of ether oxygens (including phenoxy) is 1. The molecule has 4 nitrogen and oxygen atoms in total. The molecule has 2 saturated carbocycles. The van der Waals surface area contributed by atoms with Crippen molar-refractivity contribution in [3.63, 3.8) is 0 Å². The summed E-state index contributed by atoms with van der Waals surface area (Å²) in [7, 11) is 1.63. The molecule has 0 aliphatic heterocycles. The number of carbonyl (C=O) groups is 2. The second-order valence-corrected chi connectivity index (χ2v) is 6.17. The average Bonchev–Trinajstić information content (AvgIpc) is 3.07. The number of hydrogen-bond donors (Lipinski definition) is 1. The van der Waals surface area contributed by atoms with Gasteiger partial charge >= 0.3 is 5.97 Å². The number of ketones is 1. The maximum absolute atomic E-state index is 12.7. The van der Waals surface area contributed by atoms with Crippen molar-refractivity contribution in [2.24, 2.45) is 23.2 Å². The Morgan fingerprint density at radius 2 is 2.05 bits per heavy atom. The molecule has 0 bridgehead atoms. The molecule has 2 aliphatic rings. The van der Waals surface area contributed by atoms with Gasteiger partial charge in [-0.25, -0.2) is 0 Å². The number of carbonyl (C=O) groups excluding carboxylic acids is 1. The number of carboxylic acid groups (broad SMARTS) is 1. The van der Waals surface area contributed by atoms with E-state index < -0.39 is 17.3 Å². The third-order valence-electron chi connectivity index (χ3n) is 5.37. The molecule has 1 aromatic rings. The minimum absolute atomic E-state index is 0.0288. The number of aliphatic carboxylic acids is 1. The van der Waals surface area contributed by atoms with E-state index in [1.54, 1.807) is 7.11 Å². The number of benzene rings is 1. The first-order valence-electron chi connectivity index (χ1n) is 7.44. The lowest BCUT2D eigenvalue weighted by Gasteiger charge is -2.16. The number of carboxylic acids is 1. The summed E-state index contributed by atoms with van der Waals surface area (Å²) in [6, 6.07) is 7.74. The minimum Gasteiger partial charge on any atom is -0.497 e. The second kappa shape index (κ2) is 4.86. The van der Waals surface area contributed by atoms with Gasteiger partial charge in [-0.05, 0) is 42.9 Å². The summed E-state index contributed by atoms with van der Waals surface area (Å²) in [4.78, 5) is 23.9. The smallest absolute Gasteiger partial charge is 0.307 e. The fourth-order valence-electron chi connectivity index (χ4n) is 4.27. The molecule has 2 aliphatic carbocycles. The van der Waals surface area contributed by atoms with Crippen LogP contribution in [-0.4, -0.2) is 24.0 Å². The first-order chi connectivity index (χ1) is 10.0. The van der Waals surface area contributed by atoms with E-state index in [4.69, 9.17) is 4.74 Å². The van der Waals surface area contributed by atoms with Crippen LogP contribution in [0.4, 0.5) is 0 Å². The molecule has 1 aromatic carbocycles. The topological polar surface area (TPSA) is 63.6 Å². The molecule has 4 atom stereocenters. The van der Waals surface area contributed by atoms with Crippen molar-refractivity contribution in [1.29, 1.82) is 0 Å². The number of rotatable bonds is 5. The first-order valence-corrected chi connectivity index (χ1v) is 7.44. The van der Waals surface area contributed by atoms with Crippen LogP contribution in [-0.2, 0) is 16.0 Å². The normalized spacial score (nSPS) is 33.6. The highest BCUT2D eigenvalue weighted by Crippen LogP contribution is 2.69. The highest BCUT2D eigenvalue weighted by Gasteiger charge is 2.75. The molecule has 4 unspecified atom stereocenters. The standard InChI is InChI=1S/C17H20O4/c1-3-17-13(14(17)16(19)20)9-11(15(17)18)8-10-4-6-12(21-2)7-5-10/h4-7,11,13-14H,3,8-9H2,1-2H3,(H,19,20). The number of Topliss-reactive ketones (excluding diaryl/α,β-unsaturated/α-hetero) is 1. The molecule has 1 N–H and O–H groups in total. The van der Waals surface area contributed by atoms with Crippen molar-refractivity contribution in [3.05, 3.63) is 29.8 Å². The largest absolute Gasteiger partial charge is 0.497 e. The molecule has 4 heteroatoms. The summed E-state index contributed by atoms with van der Waals surface area (Å²) in [6.45, 7) is 1.93. The van der Waals surface area contributed by atoms with Crippen LogP contribution in [0.25, 0.3) is 0 Å². The summed E-state index contributed by atoms with van der Waals surface area (Å²) >= 11 is 0. The third kappa shape index (κ3) is 1.96. The van der Waals surface area contributed by atoms with Crippen LogP contribution >= 0.6 is 0 Å². The Kier molecular flexibility index (Phi) is 3.27. The molecular weight excluding hydrogens is 268 g/mol. The van der Waals surface area contributed by atoms with Gasteiger partial charge in [0.15, 0.2) is 0 Å². The van der Waals surface area contributed by atoms with Crippen molar-refractivity contribution in [1.82, 2.24) is 0 Å². The van der Waals surface area contributed by atoms with Gasteiger partial charge in [-0.3, -0.25) is 9.59 Å². The van der Waals surface area contributed by atoms with Crippen LogP contribution in [0.15, 0.2) is 24.3 Å². The summed E-state index contributed by atoms with van der Waals surface area (Å²) in [5, 5.41) is 9.24. The Morgan fingerprint density at radius 1 is 1.38 bits per heavy atom. The monoisotopic (exact) mass is 288 g/mol. The van der Waals surface area contributed by atoms with E-state index in [1.165, 1.54) is 0 Å². The van der Waals surface area contributed by atoms with Crippen molar-refractivity contribution < 1.29 is 19.4 Å². The van der Waals surface area contributed by atoms with E-state index in [-0.39, 0.29) is 17.6 Å². The lowest BCUT2D eigenvalue weighted by Crippen LogP contribution is -2.26.